The van der Waals surface area contributed by atoms with E-state index in [0.717, 1.165) is 0 Å². The molecule has 0 saturated heterocycles. The van der Waals surface area contributed by atoms with Crippen LogP contribution < -0.4 is 0 Å². The molecule has 0 aliphatic carbocycles. The predicted molar refractivity (Wildman–Crippen MR) is 34.8 cm³/mol. The molecule has 65 valence electrons. The monoisotopic (exact) mass is 163 g/mol. The molecular weight excluding hydrogens is 152 g/mol. The van der Waals surface area contributed by atoms with E-state index in [1.165, 1.54) is 0 Å². The van der Waals surface area contributed by atoms with Crippen LogP contribution >= 0.6 is 0 Å². The molecule has 0 atom stereocenters. The third-order valence-electron chi connectivity index (χ3n) is 0.825. The van der Waals surface area contributed by atoms with Crippen LogP contribution in [0.5, 0.6) is 0 Å². The second-order valence-electron chi connectivity index (χ2n) is 1.76. The van der Waals surface area contributed by atoms with Crippen molar-refractivity contribution in [3.05, 3.63) is 0 Å². The minimum atomic E-state index is -1.01. The molecule has 0 amide bonds. The van der Waals surface area contributed by atoms with Crippen LogP contribution in [0.3, 0.4) is 0 Å². The second kappa shape index (κ2) is 7.46. The van der Waals surface area contributed by atoms with Crippen LogP contribution in [0.25, 0.3) is 0 Å². The van der Waals surface area contributed by atoms with Gasteiger partial charge in [-0.05, 0) is 0 Å². The van der Waals surface area contributed by atoms with Gasteiger partial charge in [-0.15, -0.1) is 0 Å². The maximum absolute atomic E-state index is 9.87. The molecule has 0 heterocycles. The van der Waals surface area contributed by atoms with E-state index in [4.69, 9.17) is 9.84 Å². The molecule has 0 aliphatic heterocycles. The zero-order valence-electron chi connectivity index (χ0n) is 6.12. The summed E-state index contributed by atoms with van der Waals surface area (Å²) in [4.78, 5) is 9.87. The van der Waals surface area contributed by atoms with Gasteiger partial charge in [-0.1, -0.05) is 0 Å². The highest BCUT2D eigenvalue weighted by atomic mass is 16.5. The summed E-state index contributed by atoms with van der Waals surface area (Å²) in [5.41, 5.74) is 0. The Kier molecular flexibility index (Phi) is 7.02. The minimum absolute atomic E-state index is 0.149. The van der Waals surface area contributed by atoms with Gasteiger partial charge in [-0.3, -0.25) is 0 Å². The van der Waals surface area contributed by atoms with Crippen molar-refractivity contribution in [3.63, 3.8) is 0 Å². The lowest BCUT2D eigenvalue weighted by Gasteiger charge is -2.00. The summed E-state index contributed by atoms with van der Waals surface area (Å²) in [7, 11) is 0. The largest absolute Gasteiger partial charge is 0.480 e. The first-order valence-corrected chi connectivity index (χ1v) is 3.22. The number of carbonyl (C=O) groups is 1. The van der Waals surface area contributed by atoms with Gasteiger partial charge in [0.15, 0.2) is 0 Å². The first kappa shape index (κ1) is 10.3. The number of ether oxygens (including phenoxy) is 2. The second-order valence-corrected chi connectivity index (χ2v) is 1.76. The van der Waals surface area contributed by atoms with E-state index < -0.39 is 5.97 Å². The van der Waals surface area contributed by atoms with Crippen LogP contribution in [-0.4, -0.2) is 44.1 Å². The number of carboxylic acids is 1. The maximum atomic E-state index is 9.87. The molecule has 0 aliphatic rings. The van der Waals surface area contributed by atoms with Gasteiger partial charge < -0.3 is 14.6 Å². The number of carboxylic acid groups (broad SMARTS) is 1. The lowest BCUT2D eigenvalue weighted by molar-refractivity contribution is -0.142. The Morgan fingerprint density at radius 3 is 2.36 bits per heavy atom. The van der Waals surface area contributed by atoms with Crippen molar-refractivity contribution >= 4 is 5.97 Å². The molecule has 1 N–H and O–H groups in total. The fraction of sp³-hybridized carbons (Fsp3) is 0.833. The molecule has 5 nitrogen and oxygen atoms in total. The van der Waals surface area contributed by atoms with E-state index in [1.54, 1.807) is 0 Å². The summed E-state index contributed by atoms with van der Waals surface area (Å²) in [5, 5.41) is 17.9. The van der Waals surface area contributed by atoms with Gasteiger partial charge in [0.25, 0.3) is 0 Å². The van der Waals surface area contributed by atoms with Crippen LogP contribution in [0.2, 0.25) is 0 Å². The molecule has 0 fully saturated rings. The topological polar surface area (TPSA) is 75.7 Å². The highest BCUT2D eigenvalue weighted by Crippen LogP contribution is 1.77. The first-order valence-electron chi connectivity index (χ1n) is 3.22. The average Bonchev–Trinajstić information content (AvgIpc) is 1.96. The fourth-order valence-electron chi connectivity index (χ4n) is 0.438. The Balaban J connectivity index is 2.85. The van der Waals surface area contributed by atoms with Crippen molar-refractivity contribution in [1.82, 2.24) is 0 Å². The number of rotatable bonds is 7. The van der Waals surface area contributed by atoms with Crippen molar-refractivity contribution in [1.29, 1.82) is 0 Å². The molecule has 1 radical (unpaired) electrons. The van der Waals surface area contributed by atoms with Crippen molar-refractivity contribution in [2.75, 3.05) is 33.0 Å². The Hall–Kier alpha value is -0.650. The molecule has 0 aromatic heterocycles. The summed E-state index contributed by atoms with van der Waals surface area (Å²) in [6.45, 7) is 0.0396. The smallest absolute Gasteiger partial charge is 0.329 e. The molecule has 11 heavy (non-hydrogen) atoms. The van der Waals surface area contributed by atoms with Gasteiger partial charge in [0, 0.05) is 0 Å². The zero-order valence-corrected chi connectivity index (χ0v) is 6.12. The quantitative estimate of drug-likeness (QED) is 0.515. The molecular formula is C6H11O5. The minimum Gasteiger partial charge on any atom is -0.480 e. The molecule has 0 unspecified atom stereocenters. The van der Waals surface area contributed by atoms with E-state index in [1.807, 2.05) is 0 Å². The van der Waals surface area contributed by atoms with Crippen LogP contribution in [0, 0.1) is 0 Å². The SMILES string of the molecule is [O]CCOCCOCC(=O)O. The molecule has 0 bridgehead atoms. The fourth-order valence-corrected chi connectivity index (χ4v) is 0.438. The Bertz CT molecular complexity index is 103. The summed E-state index contributed by atoms with van der Waals surface area (Å²) in [6.07, 6.45) is 0. The number of aliphatic carboxylic acids is 1. The van der Waals surface area contributed by atoms with Crippen LogP contribution in [0.1, 0.15) is 0 Å². The van der Waals surface area contributed by atoms with E-state index in [2.05, 4.69) is 4.74 Å². The highest BCUT2D eigenvalue weighted by molar-refractivity contribution is 5.67. The predicted octanol–water partition coefficient (Wildman–Crippen LogP) is -0.465. The normalized spacial score (nSPS) is 9.91. The van der Waals surface area contributed by atoms with Crippen LogP contribution in [0.15, 0.2) is 0 Å². The summed E-state index contributed by atoms with van der Waals surface area (Å²) >= 11 is 0. The molecule has 0 aromatic rings. The lowest BCUT2D eigenvalue weighted by Crippen LogP contribution is -2.12. The van der Waals surface area contributed by atoms with Crippen molar-refractivity contribution < 1.29 is 24.5 Å². The van der Waals surface area contributed by atoms with E-state index in [9.17, 15) is 9.90 Å². The molecule has 0 spiro atoms. The van der Waals surface area contributed by atoms with Crippen molar-refractivity contribution in [2.45, 2.75) is 0 Å². The van der Waals surface area contributed by atoms with Gasteiger partial charge >= 0.3 is 5.97 Å². The first-order chi connectivity index (χ1) is 5.27. The Morgan fingerprint density at radius 2 is 1.82 bits per heavy atom. The highest BCUT2D eigenvalue weighted by Gasteiger charge is 1.94. The molecule has 0 aromatic carbocycles. The molecule has 0 saturated carbocycles. The van der Waals surface area contributed by atoms with E-state index in [-0.39, 0.29) is 33.0 Å². The Labute approximate surface area is 64.5 Å². The molecule has 0 rings (SSSR count). The zero-order chi connectivity index (χ0) is 8.53. The van der Waals surface area contributed by atoms with Crippen LogP contribution in [-0.2, 0) is 19.4 Å². The van der Waals surface area contributed by atoms with Gasteiger partial charge in [-0.25, -0.2) is 9.90 Å². The summed E-state index contributed by atoms with van der Waals surface area (Å²) < 4.78 is 9.35. The third-order valence-corrected chi connectivity index (χ3v) is 0.825. The standard InChI is InChI=1S/C6H11O5/c7-1-2-10-3-4-11-5-6(8)9/h1-5H2,(H,8,9). The van der Waals surface area contributed by atoms with E-state index >= 15 is 0 Å². The van der Waals surface area contributed by atoms with Gasteiger partial charge in [0.2, 0.25) is 0 Å². The van der Waals surface area contributed by atoms with Gasteiger partial charge in [-0.2, -0.15) is 0 Å². The van der Waals surface area contributed by atoms with Crippen molar-refractivity contribution in [2.24, 2.45) is 0 Å². The van der Waals surface area contributed by atoms with Crippen molar-refractivity contribution in [3.8, 4) is 0 Å². The third kappa shape index (κ3) is 9.35. The maximum Gasteiger partial charge on any atom is 0.329 e. The summed E-state index contributed by atoms with van der Waals surface area (Å²) in [5.74, 6) is -1.01. The lowest BCUT2D eigenvalue weighted by atomic mass is 10.7. The average molecular weight is 163 g/mol. The van der Waals surface area contributed by atoms with Crippen LogP contribution in [0.4, 0.5) is 0 Å². The van der Waals surface area contributed by atoms with Gasteiger partial charge in [0.05, 0.1) is 19.8 Å². The van der Waals surface area contributed by atoms with Gasteiger partial charge in [0.1, 0.15) is 13.2 Å². The number of hydrogen-bond acceptors (Lipinski definition) is 3. The van der Waals surface area contributed by atoms with E-state index in [0.29, 0.717) is 0 Å². The molecule has 5 heteroatoms. The summed E-state index contributed by atoms with van der Waals surface area (Å²) in [6, 6.07) is 0. The number of hydrogen-bond donors (Lipinski definition) is 1. The Morgan fingerprint density at radius 1 is 1.18 bits per heavy atom.